The minimum atomic E-state index is -0.290. The van der Waals surface area contributed by atoms with Crippen molar-refractivity contribution in [2.45, 2.75) is 71.8 Å². The number of hydrogen-bond acceptors (Lipinski definition) is 4. The van der Waals surface area contributed by atoms with Crippen LogP contribution in [0.5, 0.6) is 0 Å². The fourth-order valence-electron chi connectivity index (χ4n) is 3.46. The molecule has 1 saturated carbocycles. The van der Waals surface area contributed by atoms with E-state index in [4.69, 9.17) is 4.74 Å². The molecule has 2 aliphatic carbocycles. The van der Waals surface area contributed by atoms with Crippen LogP contribution in [0, 0.1) is 11.8 Å². The number of amides is 1. The summed E-state index contributed by atoms with van der Waals surface area (Å²) >= 11 is 1.58. The van der Waals surface area contributed by atoms with Crippen LogP contribution in [-0.2, 0) is 22.4 Å². The SMILES string of the molecule is CC[C@@H]1CCc2c(sc(NC(=O)C3CCC3)c2C(=O)OC(C)C)C1. The van der Waals surface area contributed by atoms with Gasteiger partial charge in [0.1, 0.15) is 5.00 Å². The van der Waals surface area contributed by atoms with Crippen LogP contribution in [0.25, 0.3) is 0 Å². The summed E-state index contributed by atoms with van der Waals surface area (Å²) in [5.41, 5.74) is 1.73. The smallest absolute Gasteiger partial charge is 0.341 e. The highest BCUT2D eigenvalue weighted by molar-refractivity contribution is 7.17. The zero-order chi connectivity index (χ0) is 17.3. The predicted molar refractivity (Wildman–Crippen MR) is 96.6 cm³/mol. The maximum absolute atomic E-state index is 12.6. The second-order valence-corrected chi connectivity index (χ2v) is 8.40. The Hall–Kier alpha value is -1.36. The first-order chi connectivity index (χ1) is 11.5. The lowest BCUT2D eigenvalue weighted by molar-refractivity contribution is -0.122. The average molecular weight is 349 g/mol. The van der Waals surface area contributed by atoms with Crippen molar-refractivity contribution in [3.05, 3.63) is 16.0 Å². The van der Waals surface area contributed by atoms with Crippen LogP contribution in [-0.4, -0.2) is 18.0 Å². The van der Waals surface area contributed by atoms with Gasteiger partial charge in [0, 0.05) is 10.8 Å². The van der Waals surface area contributed by atoms with Crippen molar-refractivity contribution in [2.75, 3.05) is 5.32 Å². The molecule has 0 spiro atoms. The molecule has 2 aliphatic rings. The standard InChI is InChI=1S/C19H27NO3S/c1-4-12-8-9-14-15(10-12)24-18(16(14)19(22)23-11(2)3)20-17(21)13-6-5-7-13/h11-13H,4-10H2,1-3H3,(H,20,21)/t12-/m1/s1. The highest BCUT2D eigenvalue weighted by atomic mass is 32.1. The van der Waals surface area contributed by atoms with E-state index >= 15 is 0 Å². The van der Waals surface area contributed by atoms with E-state index in [0.717, 1.165) is 50.5 Å². The average Bonchev–Trinajstić information content (AvgIpc) is 2.81. The molecule has 3 rings (SSSR count). The zero-order valence-corrected chi connectivity index (χ0v) is 15.6. The summed E-state index contributed by atoms with van der Waals surface area (Å²) in [5.74, 6) is 0.564. The Morgan fingerprint density at radius 3 is 2.62 bits per heavy atom. The molecule has 0 bridgehead atoms. The molecule has 0 aliphatic heterocycles. The summed E-state index contributed by atoms with van der Waals surface area (Å²) in [5, 5.41) is 3.74. The molecule has 0 saturated heterocycles. The minimum absolute atomic E-state index is 0.0606. The van der Waals surface area contributed by atoms with Gasteiger partial charge >= 0.3 is 5.97 Å². The van der Waals surface area contributed by atoms with Crippen LogP contribution in [0.3, 0.4) is 0 Å². The van der Waals surface area contributed by atoms with Crippen LogP contribution >= 0.6 is 11.3 Å². The van der Waals surface area contributed by atoms with E-state index in [2.05, 4.69) is 12.2 Å². The highest BCUT2D eigenvalue weighted by Gasteiger charge is 2.32. The van der Waals surface area contributed by atoms with E-state index in [1.54, 1.807) is 11.3 Å². The molecular weight excluding hydrogens is 322 g/mol. The quantitative estimate of drug-likeness (QED) is 0.792. The van der Waals surface area contributed by atoms with Gasteiger partial charge in [0.05, 0.1) is 11.7 Å². The van der Waals surface area contributed by atoms with Gasteiger partial charge in [-0.25, -0.2) is 4.79 Å². The number of hydrogen-bond donors (Lipinski definition) is 1. The van der Waals surface area contributed by atoms with Crippen molar-refractivity contribution in [3.8, 4) is 0 Å². The van der Waals surface area contributed by atoms with Gasteiger partial charge in [0.25, 0.3) is 0 Å². The van der Waals surface area contributed by atoms with Crippen LogP contribution in [0.1, 0.15) is 73.7 Å². The molecule has 1 fully saturated rings. The van der Waals surface area contributed by atoms with Crippen LogP contribution < -0.4 is 5.32 Å². The molecule has 1 heterocycles. The molecule has 4 nitrogen and oxygen atoms in total. The number of thiophene rings is 1. The Bertz CT molecular complexity index is 631. The molecule has 0 unspecified atom stereocenters. The summed E-state index contributed by atoms with van der Waals surface area (Å²) in [6.45, 7) is 5.93. The number of carbonyl (C=O) groups is 2. The van der Waals surface area contributed by atoms with Gasteiger partial charge in [-0.05, 0) is 57.4 Å². The van der Waals surface area contributed by atoms with Gasteiger partial charge in [0.15, 0.2) is 0 Å². The van der Waals surface area contributed by atoms with Crippen molar-refractivity contribution in [1.29, 1.82) is 0 Å². The highest BCUT2D eigenvalue weighted by Crippen LogP contribution is 2.41. The molecule has 132 valence electrons. The van der Waals surface area contributed by atoms with Crippen LogP contribution in [0.2, 0.25) is 0 Å². The van der Waals surface area contributed by atoms with Crippen LogP contribution in [0.15, 0.2) is 0 Å². The molecular formula is C19H27NO3S. The van der Waals surface area contributed by atoms with Crippen molar-refractivity contribution in [2.24, 2.45) is 11.8 Å². The summed E-state index contributed by atoms with van der Waals surface area (Å²) in [6, 6.07) is 0. The first-order valence-electron chi connectivity index (χ1n) is 9.16. The van der Waals surface area contributed by atoms with E-state index in [-0.39, 0.29) is 23.9 Å². The second-order valence-electron chi connectivity index (χ2n) is 7.30. The Balaban J connectivity index is 1.89. The Kier molecular flexibility index (Phi) is 5.28. The molecule has 1 N–H and O–H groups in total. The van der Waals surface area contributed by atoms with Gasteiger partial charge in [-0.3, -0.25) is 4.79 Å². The van der Waals surface area contributed by atoms with Crippen molar-refractivity contribution < 1.29 is 14.3 Å². The molecule has 1 aromatic rings. The largest absolute Gasteiger partial charge is 0.459 e. The minimum Gasteiger partial charge on any atom is -0.459 e. The first kappa shape index (κ1) is 17.5. The second kappa shape index (κ2) is 7.26. The number of nitrogens with one attached hydrogen (secondary N) is 1. The Morgan fingerprint density at radius 1 is 1.29 bits per heavy atom. The number of rotatable bonds is 5. The molecule has 1 amide bonds. The molecule has 1 atom stereocenters. The molecule has 0 radical (unpaired) electrons. The lowest BCUT2D eigenvalue weighted by Crippen LogP contribution is -2.28. The lowest BCUT2D eigenvalue weighted by atomic mass is 9.84. The summed E-state index contributed by atoms with van der Waals surface area (Å²) < 4.78 is 5.45. The van der Waals surface area contributed by atoms with Crippen molar-refractivity contribution in [3.63, 3.8) is 0 Å². The van der Waals surface area contributed by atoms with Gasteiger partial charge < -0.3 is 10.1 Å². The van der Waals surface area contributed by atoms with Gasteiger partial charge in [0.2, 0.25) is 5.91 Å². The fraction of sp³-hybridized carbons (Fsp3) is 0.684. The third-order valence-electron chi connectivity index (χ3n) is 5.20. The lowest BCUT2D eigenvalue weighted by Gasteiger charge is -2.24. The Labute approximate surface area is 148 Å². The number of fused-ring (bicyclic) bond motifs is 1. The predicted octanol–water partition coefficient (Wildman–Crippen LogP) is 4.57. The van der Waals surface area contributed by atoms with Crippen molar-refractivity contribution >= 4 is 28.2 Å². The molecule has 1 aromatic heterocycles. The van der Waals surface area contributed by atoms with E-state index in [0.29, 0.717) is 16.5 Å². The summed E-state index contributed by atoms with van der Waals surface area (Å²) in [7, 11) is 0. The summed E-state index contributed by atoms with van der Waals surface area (Å²) in [4.78, 5) is 26.3. The fourth-order valence-corrected chi connectivity index (χ4v) is 4.82. The van der Waals surface area contributed by atoms with Crippen molar-refractivity contribution in [1.82, 2.24) is 0 Å². The number of ether oxygens (including phenoxy) is 1. The van der Waals surface area contributed by atoms with Gasteiger partial charge in [-0.15, -0.1) is 11.3 Å². The maximum atomic E-state index is 12.6. The van der Waals surface area contributed by atoms with E-state index < -0.39 is 0 Å². The third kappa shape index (κ3) is 3.51. The van der Waals surface area contributed by atoms with E-state index in [1.807, 2.05) is 13.8 Å². The van der Waals surface area contributed by atoms with E-state index in [9.17, 15) is 9.59 Å². The topological polar surface area (TPSA) is 55.4 Å². The zero-order valence-electron chi connectivity index (χ0n) is 14.8. The Morgan fingerprint density at radius 2 is 2.04 bits per heavy atom. The monoisotopic (exact) mass is 349 g/mol. The molecule has 24 heavy (non-hydrogen) atoms. The normalized spacial score (nSPS) is 20.4. The number of anilines is 1. The molecule has 0 aromatic carbocycles. The molecule has 5 heteroatoms. The van der Waals surface area contributed by atoms with Gasteiger partial charge in [-0.2, -0.15) is 0 Å². The van der Waals surface area contributed by atoms with Gasteiger partial charge in [-0.1, -0.05) is 19.8 Å². The third-order valence-corrected chi connectivity index (χ3v) is 6.37. The first-order valence-corrected chi connectivity index (χ1v) is 9.97. The van der Waals surface area contributed by atoms with Crippen LogP contribution in [0.4, 0.5) is 5.00 Å². The number of carbonyl (C=O) groups excluding carboxylic acids is 2. The number of esters is 1. The maximum Gasteiger partial charge on any atom is 0.341 e. The summed E-state index contributed by atoms with van der Waals surface area (Å²) in [6.07, 6.45) is 7.07. The van der Waals surface area contributed by atoms with E-state index in [1.165, 1.54) is 4.88 Å².